The fourth-order valence-corrected chi connectivity index (χ4v) is 3.22. The molecular formula is C16H11FN4O2S. The number of nitriles is 1. The van der Waals surface area contributed by atoms with Gasteiger partial charge in [-0.05, 0) is 30.3 Å². The number of nitrogens with zero attached hydrogens (tertiary/aromatic N) is 3. The van der Waals surface area contributed by atoms with Crippen molar-refractivity contribution >= 4 is 15.7 Å². The molecule has 0 aliphatic heterocycles. The molecule has 120 valence electrons. The maximum absolute atomic E-state index is 14.2. The highest BCUT2D eigenvalue weighted by Gasteiger charge is 2.16. The molecule has 0 saturated carbocycles. The molecule has 0 aliphatic carbocycles. The van der Waals surface area contributed by atoms with Gasteiger partial charge in [0.15, 0.2) is 0 Å². The quantitative estimate of drug-likeness (QED) is 0.789. The smallest absolute Gasteiger partial charge is 0.261 e. The average Bonchev–Trinajstić information content (AvgIpc) is 3.09. The van der Waals surface area contributed by atoms with Gasteiger partial charge >= 0.3 is 0 Å². The molecule has 0 atom stereocenters. The van der Waals surface area contributed by atoms with Crippen molar-refractivity contribution in [2.45, 2.75) is 4.90 Å². The molecular weight excluding hydrogens is 331 g/mol. The highest BCUT2D eigenvalue weighted by atomic mass is 32.2. The Labute approximate surface area is 137 Å². The minimum Gasteiger partial charge on any atom is -0.303 e. The summed E-state index contributed by atoms with van der Waals surface area (Å²) in [4.78, 5) is 3.77. The molecule has 0 fully saturated rings. The monoisotopic (exact) mass is 342 g/mol. The summed E-state index contributed by atoms with van der Waals surface area (Å²) < 4.78 is 42.6. The molecule has 8 heteroatoms. The first-order valence-electron chi connectivity index (χ1n) is 6.80. The van der Waals surface area contributed by atoms with Crippen LogP contribution in [0.3, 0.4) is 0 Å². The number of anilines is 1. The standard InChI is InChI=1S/C16H11FN4O2S/c17-15-9-13(4-5-16(15)21-7-6-19-11-21)20-24(22,23)14-3-1-2-12(8-14)10-18/h1-9,11,20H. The van der Waals surface area contributed by atoms with Crippen LogP contribution in [0.1, 0.15) is 5.56 Å². The number of rotatable bonds is 4. The Bertz CT molecular complexity index is 1020. The molecule has 1 aromatic heterocycles. The Morgan fingerprint density at radius 1 is 1.21 bits per heavy atom. The first kappa shape index (κ1) is 15.7. The van der Waals surface area contributed by atoms with Crippen LogP contribution in [0.5, 0.6) is 0 Å². The Morgan fingerprint density at radius 3 is 2.71 bits per heavy atom. The van der Waals surface area contributed by atoms with Crippen LogP contribution in [-0.2, 0) is 10.0 Å². The van der Waals surface area contributed by atoms with E-state index in [-0.39, 0.29) is 21.8 Å². The molecule has 0 aliphatic rings. The minimum absolute atomic E-state index is 0.0688. The van der Waals surface area contributed by atoms with E-state index in [1.54, 1.807) is 6.20 Å². The first-order chi connectivity index (χ1) is 11.5. The van der Waals surface area contributed by atoms with Crippen LogP contribution in [0, 0.1) is 17.1 Å². The second-order valence-corrected chi connectivity index (χ2v) is 6.56. The van der Waals surface area contributed by atoms with E-state index in [4.69, 9.17) is 5.26 Å². The molecule has 0 bridgehead atoms. The summed E-state index contributed by atoms with van der Waals surface area (Å²) >= 11 is 0. The SMILES string of the molecule is N#Cc1cccc(S(=O)(=O)Nc2ccc(-n3ccnc3)c(F)c2)c1. The largest absolute Gasteiger partial charge is 0.303 e. The zero-order chi connectivity index (χ0) is 17.2. The fourth-order valence-electron chi connectivity index (χ4n) is 2.13. The number of imidazole rings is 1. The predicted molar refractivity (Wildman–Crippen MR) is 85.5 cm³/mol. The number of halogens is 1. The molecule has 3 rings (SSSR count). The van der Waals surface area contributed by atoms with E-state index in [2.05, 4.69) is 9.71 Å². The van der Waals surface area contributed by atoms with Crippen molar-refractivity contribution in [2.75, 3.05) is 4.72 Å². The third-order valence-electron chi connectivity index (χ3n) is 3.26. The summed E-state index contributed by atoms with van der Waals surface area (Å²) in [6.45, 7) is 0. The van der Waals surface area contributed by atoms with Crippen LogP contribution in [-0.4, -0.2) is 18.0 Å². The summed E-state index contributed by atoms with van der Waals surface area (Å²) in [5, 5.41) is 8.85. The Kier molecular flexibility index (Phi) is 4.02. The van der Waals surface area contributed by atoms with E-state index in [1.807, 2.05) is 6.07 Å². The second kappa shape index (κ2) is 6.14. The average molecular weight is 342 g/mol. The van der Waals surface area contributed by atoms with E-state index >= 15 is 0 Å². The van der Waals surface area contributed by atoms with Crippen molar-refractivity contribution in [3.05, 3.63) is 72.6 Å². The number of hydrogen-bond acceptors (Lipinski definition) is 4. The van der Waals surface area contributed by atoms with Gasteiger partial charge in [-0.3, -0.25) is 4.72 Å². The fraction of sp³-hybridized carbons (Fsp3) is 0. The maximum Gasteiger partial charge on any atom is 0.261 e. The molecule has 0 radical (unpaired) electrons. The van der Waals surface area contributed by atoms with E-state index in [9.17, 15) is 12.8 Å². The molecule has 1 N–H and O–H groups in total. The van der Waals surface area contributed by atoms with Crippen molar-refractivity contribution < 1.29 is 12.8 Å². The molecule has 0 amide bonds. The van der Waals surface area contributed by atoms with Crippen LogP contribution in [0.2, 0.25) is 0 Å². The number of hydrogen-bond donors (Lipinski definition) is 1. The van der Waals surface area contributed by atoms with Gasteiger partial charge in [0, 0.05) is 18.5 Å². The highest BCUT2D eigenvalue weighted by molar-refractivity contribution is 7.92. The molecule has 1 heterocycles. The predicted octanol–water partition coefficient (Wildman–Crippen LogP) is 2.68. The van der Waals surface area contributed by atoms with Crippen LogP contribution in [0.15, 0.2) is 66.1 Å². The van der Waals surface area contributed by atoms with Crippen molar-refractivity contribution in [2.24, 2.45) is 0 Å². The summed E-state index contributed by atoms with van der Waals surface area (Å²) in [6.07, 6.45) is 4.53. The summed E-state index contributed by atoms with van der Waals surface area (Å²) in [5.74, 6) is -0.598. The Balaban J connectivity index is 1.90. The number of nitrogens with one attached hydrogen (secondary N) is 1. The number of sulfonamides is 1. The summed E-state index contributed by atoms with van der Waals surface area (Å²) in [6, 6.07) is 11.4. The lowest BCUT2D eigenvalue weighted by Gasteiger charge is -2.10. The zero-order valence-corrected chi connectivity index (χ0v) is 13.0. The Hall–Kier alpha value is -3.18. The highest BCUT2D eigenvalue weighted by Crippen LogP contribution is 2.21. The van der Waals surface area contributed by atoms with Crippen LogP contribution in [0.4, 0.5) is 10.1 Å². The van der Waals surface area contributed by atoms with Crippen LogP contribution in [0.25, 0.3) is 5.69 Å². The second-order valence-electron chi connectivity index (χ2n) is 4.88. The minimum atomic E-state index is -3.92. The summed E-state index contributed by atoms with van der Waals surface area (Å²) in [5.41, 5.74) is 0.556. The molecule has 0 unspecified atom stereocenters. The van der Waals surface area contributed by atoms with E-state index in [0.29, 0.717) is 0 Å². The van der Waals surface area contributed by atoms with Crippen molar-refractivity contribution in [1.29, 1.82) is 5.26 Å². The third-order valence-corrected chi connectivity index (χ3v) is 4.63. The van der Waals surface area contributed by atoms with Gasteiger partial charge in [0.25, 0.3) is 10.0 Å². The number of aromatic nitrogens is 2. The molecule has 2 aromatic carbocycles. The molecule has 3 aromatic rings. The van der Waals surface area contributed by atoms with Gasteiger partial charge in [0.1, 0.15) is 5.82 Å². The molecule has 6 nitrogen and oxygen atoms in total. The van der Waals surface area contributed by atoms with Crippen molar-refractivity contribution in [3.63, 3.8) is 0 Å². The van der Waals surface area contributed by atoms with Gasteiger partial charge in [0.05, 0.1) is 34.2 Å². The lowest BCUT2D eigenvalue weighted by Crippen LogP contribution is -2.13. The van der Waals surface area contributed by atoms with Gasteiger partial charge in [-0.15, -0.1) is 0 Å². The van der Waals surface area contributed by atoms with Gasteiger partial charge in [-0.2, -0.15) is 5.26 Å². The Morgan fingerprint density at radius 2 is 2.04 bits per heavy atom. The van der Waals surface area contributed by atoms with Gasteiger partial charge in [-0.25, -0.2) is 17.8 Å². The van der Waals surface area contributed by atoms with Crippen LogP contribution >= 0.6 is 0 Å². The molecule has 0 saturated heterocycles. The summed E-state index contributed by atoms with van der Waals surface area (Å²) in [7, 11) is -3.92. The molecule has 0 spiro atoms. The lowest BCUT2D eigenvalue weighted by atomic mass is 10.2. The van der Waals surface area contributed by atoms with Crippen molar-refractivity contribution in [3.8, 4) is 11.8 Å². The van der Waals surface area contributed by atoms with E-state index < -0.39 is 15.8 Å². The normalized spacial score (nSPS) is 11.0. The topological polar surface area (TPSA) is 87.8 Å². The van der Waals surface area contributed by atoms with E-state index in [0.717, 1.165) is 6.07 Å². The molecule has 24 heavy (non-hydrogen) atoms. The van der Waals surface area contributed by atoms with Gasteiger partial charge in [0.2, 0.25) is 0 Å². The number of benzene rings is 2. The maximum atomic E-state index is 14.2. The first-order valence-corrected chi connectivity index (χ1v) is 8.29. The third kappa shape index (κ3) is 3.11. The zero-order valence-electron chi connectivity index (χ0n) is 12.2. The lowest BCUT2D eigenvalue weighted by molar-refractivity contribution is 0.601. The van der Waals surface area contributed by atoms with Crippen LogP contribution < -0.4 is 4.72 Å². The van der Waals surface area contributed by atoms with Gasteiger partial charge in [-0.1, -0.05) is 6.07 Å². The van der Waals surface area contributed by atoms with E-state index in [1.165, 1.54) is 53.5 Å². The van der Waals surface area contributed by atoms with Gasteiger partial charge < -0.3 is 4.57 Å². The van der Waals surface area contributed by atoms with Crippen molar-refractivity contribution in [1.82, 2.24) is 9.55 Å².